The highest BCUT2D eigenvalue weighted by molar-refractivity contribution is 6.33. The maximum Gasteiger partial charge on any atom is 0.358 e. The van der Waals surface area contributed by atoms with Crippen molar-refractivity contribution in [1.29, 1.82) is 0 Å². The summed E-state index contributed by atoms with van der Waals surface area (Å²) < 4.78 is 20.2. The van der Waals surface area contributed by atoms with Crippen molar-refractivity contribution in [2.45, 2.75) is 6.92 Å². The molecule has 0 bridgehead atoms. The van der Waals surface area contributed by atoms with Gasteiger partial charge < -0.3 is 10.1 Å². The van der Waals surface area contributed by atoms with E-state index in [4.69, 9.17) is 27.9 Å². The molecule has 0 amide bonds. The normalized spacial score (nSPS) is 10.8. The summed E-state index contributed by atoms with van der Waals surface area (Å²) in [7, 11) is 0. The van der Waals surface area contributed by atoms with Crippen molar-refractivity contribution < 1.29 is 13.9 Å². The van der Waals surface area contributed by atoms with Crippen molar-refractivity contribution in [3.05, 3.63) is 52.0 Å². The molecular formula is C15H11Cl2FN4O2. The van der Waals surface area contributed by atoms with E-state index in [9.17, 15) is 9.18 Å². The van der Waals surface area contributed by atoms with E-state index in [2.05, 4.69) is 15.4 Å². The van der Waals surface area contributed by atoms with E-state index in [0.29, 0.717) is 11.5 Å². The lowest BCUT2D eigenvalue weighted by Crippen LogP contribution is -2.07. The number of carbonyl (C=O) groups is 1. The van der Waals surface area contributed by atoms with Crippen molar-refractivity contribution >= 4 is 46.3 Å². The Labute approximate surface area is 146 Å². The summed E-state index contributed by atoms with van der Waals surface area (Å²) in [6, 6.07) is 7.17. The number of nitrogens with one attached hydrogen (secondary N) is 1. The Morgan fingerprint density at radius 3 is 2.88 bits per heavy atom. The quantitative estimate of drug-likeness (QED) is 0.554. The van der Waals surface area contributed by atoms with Crippen LogP contribution in [0.5, 0.6) is 0 Å². The minimum atomic E-state index is -0.589. The number of rotatable bonds is 4. The van der Waals surface area contributed by atoms with Crippen molar-refractivity contribution in [2.75, 3.05) is 11.9 Å². The van der Waals surface area contributed by atoms with Gasteiger partial charge in [-0.25, -0.2) is 14.2 Å². The lowest BCUT2D eigenvalue weighted by molar-refractivity contribution is 0.0519. The minimum Gasteiger partial charge on any atom is -0.461 e. The molecule has 0 saturated carbocycles. The monoisotopic (exact) mass is 368 g/mol. The molecule has 2 heterocycles. The van der Waals surface area contributed by atoms with E-state index in [1.54, 1.807) is 13.0 Å². The number of ether oxygens (including phenoxy) is 1. The first-order valence-electron chi connectivity index (χ1n) is 6.94. The number of esters is 1. The number of hydrogen-bond acceptors (Lipinski definition) is 5. The molecule has 0 saturated heterocycles. The fourth-order valence-corrected chi connectivity index (χ4v) is 2.48. The van der Waals surface area contributed by atoms with Gasteiger partial charge in [-0.2, -0.15) is 9.61 Å². The molecule has 0 aliphatic heterocycles. The summed E-state index contributed by atoms with van der Waals surface area (Å²) in [5.74, 6) is -0.831. The van der Waals surface area contributed by atoms with Gasteiger partial charge in [0.25, 0.3) is 0 Å². The molecule has 9 heteroatoms. The van der Waals surface area contributed by atoms with Crippen LogP contribution in [0, 0.1) is 5.82 Å². The Hall–Kier alpha value is -2.38. The van der Waals surface area contributed by atoms with Crippen molar-refractivity contribution in [3.63, 3.8) is 0 Å². The van der Waals surface area contributed by atoms with Gasteiger partial charge in [-0.3, -0.25) is 0 Å². The molecule has 0 fully saturated rings. The average Bonchev–Trinajstić information content (AvgIpc) is 2.95. The Balaban J connectivity index is 2.08. The number of fused-ring (bicyclic) bond motifs is 1. The molecule has 24 heavy (non-hydrogen) atoms. The van der Waals surface area contributed by atoms with Crippen LogP contribution in [0.3, 0.4) is 0 Å². The lowest BCUT2D eigenvalue weighted by Gasteiger charge is -2.11. The summed E-state index contributed by atoms with van der Waals surface area (Å²) in [6.07, 6.45) is 0. The summed E-state index contributed by atoms with van der Waals surface area (Å²) >= 11 is 12.0. The SMILES string of the molecule is CCOC(=O)c1cc2nc(Cl)cc(Nc3c(F)cccc3Cl)n2n1. The predicted octanol–water partition coefficient (Wildman–Crippen LogP) is 4.10. The molecule has 2 aromatic heterocycles. The van der Waals surface area contributed by atoms with E-state index in [0.717, 1.165) is 0 Å². The van der Waals surface area contributed by atoms with Gasteiger partial charge in [0.2, 0.25) is 0 Å². The highest BCUT2D eigenvalue weighted by atomic mass is 35.5. The molecule has 1 N–H and O–H groups in total. The molecule has 3 aromatic rings. The van der Waals surface area contributed by atoms with Crippen molar-refractivity contribution in [2.24, 2.45) is 0 Å². The molecule has 0 aliphatic rings. The number of anilines is 2. The second-order valence-corrected chi connectivity index (χ2v) is 5.50. The van der Waals surface area contributed by atoms with Gasteiger partial charge in [0.1, 0.15) is 16.8 Å². The van der Waals surface area contributed by atoms with Gasteiger partial charge in [-0.05, 0) is 19.1 Å². The van der Waals surface area contributed by atoms with Crippen molar-refractivity contribution in [1.82, 2.24) is 14.6 Å². The second kappa shape index (κ2) is 6.62. The van der Waals surface area contributed by atoms with Gasteiger partial charge in [-0.1, -0.05) is 29.3 Å². The molecule has 1 aromatic carbocycles. The lowest BCUT2D eigenvalue weighted by atomic mass is 10.3. The first-order valence-corrected chi connectivity index (χ1v) is 7.69. The zero-order valence-corrected chi connectivity index (χ0v) is 13.9. The fourth-order valence-electron chi connectivity index (χ4n) is 2.08. The van der Waals surface area contributed by atoms with Crippen LogP contribution in [0.15, 0.2) is 30.3 Å². The van der Waals surface area contributed by atoms with E-state index in [-0.39, 0.29) is 28.2 Å². The zero-order chi connectivity index (χ0) is 17.3. The minimum absolute atomic E-state index is 0.0642. The number of nitrogens with zero attached hydrogens (tertiary/aromatic N) is 3. The van der Waals surface area contributed by atoms with Crippen LogP contribution in [-0.2, 0) is 4.74 Å². The van der Waals surface area contributed by atoms with Gasteiger partial charge in [0.05, 0.1) is 17.3 Å². The second-order valence-electron chi connectivity index (χ2n) is 4.71. The van der Waals surface area contributed by atoms with Gasteiger partial charge in [0, 0.05) is 12.1 Å². The van der Waals surface area contributed by atoms with Crippen LogP contribution in [-0.4, -0.2) is 27.2 Å². The number of benzene rings is 1. The Morgan fingerprint density at radius 2 is 2.17 bits per heavy atom. The third-order valence-corrected chi connectivity index (χ3v) is 3.60. The van der Waals surface area contributed by atoms with Crippen LogP contribution < -0.4 is 5.32 Å². The largest absolute Gasteiger partial charge is 0.461 e. The number of aromatic nitrogens is 3. The number of para-hydroxylation sites is 1. The van der Waals surface area contributed by atoms with E-state index in [1.165, 1.54) is 28.8 Å². The smallest absolute Gasteiger partial charge is 0.358 e. The van der Waals surface area contributed by atoms with Crippen LogP contribution >= 0.6 is 23.2 Å². The standard InChI is InChI=1S/C15H11Cl2FN4O2/c1-2-24-15(23)10-6-12-19-11(17)7-13(22(12)21-10)20-14-8(16)4-3-5-9(14)18/h3-7,20H,2H2,1H3. The fraction of sp³-hybridized carbons (Fsp3) is 0.133. The van der Waals surface area contributed by atoms with Crippen LogP contribution in [0.4, 0.5) is 15.9 Å². The number of hydrogen-bond donors (Lipinski definition) is 1. The summed E-state index contributed by atoms with van der Waals surface area (Å²) in [5, 5.41) is 7.28. The first-order chi connectivity index (χ1) is 11.5. The topological polar surface area (TPSA) is 68.5 Å². The maximum absolute atomic E-state index is 14.0. The van der Waals surface area contributed by atoms with E-state index in [1.807, 2.05) is 0 Å². The Morgan fingerprint density at radius 1 is 1.38 bits per heavy atom. The molecule has 0 radical (unpaired) electrons. The first kappa shape index (κ1) is 16.5. The van der Waals surface area contributed by atoms with Gasteiger partial charge >= 0.3 is 5.97 Å². The van der Waals surface area contributed by atoms with E-state index < -0.39 is 11.8 Å². The molecular weight excluding hydrogens is 358 g/mol. The van der Waals surface area contributed by atoms with Crippen molar-refractivity contribution in [3.8, 4) is 0 Å². The number of halogens is 3. The molecule has 124 valence electrons. The Kier molecular flexibility index (Phi) is 4.55. The Bertz CT molecular complexity index is 909. The summed E-state index contributed by atoms with van der Waals surface area (Å²) in [6.45, 7) is 1.91. The highest BCUT2D eigenvalue weighted by Crippen LogP contribution is 2.29. The third kappa shape index (κ3) is 3.13. The molecule has 0 unspecified atom stereocenters. The molecule has 6 nitrogen and oxygen atoms in total. The maximum atomic E-state index is 14.0. The zero-order valence-electron chi connectivity index (χ0n) is 12.4. The van der Waals surface area contributed by atoms with E-state index >= 15 is 0 Å². The molecule has 0 spiro atoms. The number of carbonyl (C=O) groups excluding carboxylic acids is 1. The van der Waals surface area contributed by atoms with Crippen LogP contribution in [0.1, 0.15) is 17.4 Å². The van der Waals surface area contributed by atoms with Crippen LogP contribution in [0.2, 0.25) is 10.2 Å². The predicted molar refractivity (Wildman–Crippen MR) is 88.6 cm³/mol. The third-order valence-electron chi connectivity index (χ3n) is 3.10. The van der Waals surface area contributed by atoms with Crippen LogP contribution in [0.25, 0.3) is 5.65 Å². The average molecular weight is 369 g/mol. The van der Waals surface area contributed by atoms with Gasteiger partial charge in [-0.15, -0.1) is 0 Å². The molecule has 0 aliphatic carbocycles. The summed E-state index contributed by atoms with van der Waals surface area (Å²) in [5.41, 5.74) is 0.436. The van der Waals surface area contributed by atoms with Gasteiger partial charge in [0.15, 0.2) is 11.3 Å². The molecule has 3 rings (SSSR count). The highest BCUT2D eigenvalue weighted by Gasteiger charge is 2.16. The molecule has 0 atom stereocenters. The summed E-state index contributed by atoms with van der Waals surface area (Å²) in [4.78, 5) is 15.9.